The Balaban J connectivity index is 1.41. The van der Waals surface area contributed by atoms with Crippen LogP contribution in [0.25, 0.3) is 22.3 Å². The summed E-state index contributed by atoms with van der Waals surface area (Å²) in [7, 11) is 0. The summed E-state index contributed by atoms with van der Waals surface area (Å²) in [4.78, 5) is 31.7. The fourth-order valence-corrected chi connectivity index (χ4v) is 4.08. The number of carbonyl (C=O) groups is 1. The first kappa shape index (κ1) is 26.1. The summed E-state index contributed by atoms with van der Waals surface area (Å²) < 4.78 is 51.9. The second-order valence-corrected chi connectivity index (χ2v) is 8.74. The molecule has 1 saturated heterocycles. The predicted octanol–water partition coefficient (Wildman–Crippen LogP) is 4.20. The molecule has 1 aliphatic heterocycles. The van der Waals surface area contributed by atoms with Crippen molar-refractivity contribution in [2.24, 2.45) is 5.10 Å². The monoisotopic (exact) mass is 536 g/mol. The van der Waals surface area contributed by atoms with Gasteiger partial charge in [0.05, 0.1) is 35.9 Å². The van der Waals surface area contributed by atoms with Gasteiger partial charge in [-0.1, -0.05) is 24.3 Å². The maximum Gasteiger partial charge on any atom is 0.416 e. The Labute approximate surface area is 220 Å². The van der Waals surface area contributed by atoms with Crippen LogP contribution >= 0.6 is 0 Å². The number of aromatic nitrogens is 2. The van der Waals surface area contributed by atoms with Gasteiger partial charge in [0.1, 0.15) is 5.75 Å². The summed E-state index contributed by atoms with van der Waals surface area (Å²) in [6.45, 7) is 1.97. The van der Waals surface area contributed by atoms with E-state index >= 15 is 0 Å². The van der Waals surface area contributed by atoms with E-state index < -0.39 is 17.3 Å². The summed E-state index contributed by atoms with van der Waals surface area (Å²) in [5.74, 6) is 0.319. The van der Waals surface area contributed by atoms with Gasteiger partial charge in [-0.15, -0.1) is 0 Å². The molecule has 0 saturated carbocycles. The van der Waals surface area contributed by atoms with E-state index in [0.717, 1.165) is 16.8 Å². The minimum atomic E-state index is -4.56. The van der Waals surface area contributed by atoms with Gasteiger partial charge in [-0.25, -0.2) is 4.98 Å². The average Bonchev–Trinajstić information content (AvgIpc) is 2.96. The minimum absolute atomic E-state index is 0.0253. The van der Waals surface area contributed by atoms with Crippen LogP contribution in [0.4, 0.5) is 13.2 Å². The SMILES string of the molecule is O=C(COc1ccc(C=Nn2c(-c3cccc(C(F)(F)F)c3)nc3ccccc3c2=O)cc1)N1CCOCC1. The van der Waals surface area contributed by atoms with Crippen molar-refractivity contribution in [2.75, 3.05) is 32.9 Å². The smallest absolute Gasteiger partial charge is 0.416 e. The molecule has 4 aromatic rings. The molecule has 1 fully saturated rings. The second kappa shape index (κ2) is 11.1. The van der Waals surface area contributed by atoms with E-state index in [1.165, 1.54) is 18.3 Å². The van der Waals surface area contributed by atoms with Crippen molar-refractivity contribution in [3.63, 3.8) is 0 Å². The Morgan fingerprint density at radius 3 is 2.51 bits per heavy atom. The van der Waals surface area contributed by atoms with Gasteiger partial charge in [-0.05, 0) is 54.1 Å². The van der Waals surface area contributed by atoms with Gasteiger partial charge in [0.25, 0.3) is 11.5 Å². The number of halogens is 3. The molecule has 3 aromatic carbocycles. The summed E-state index contributed by atoms with van der Waals surface area (Å²) in [5, 5.41) is 4.56. The molecule has 8 nitrogen and oxygen atoms in total. The van der Waals surface area contributed by atoms with Gasteiger partial charge in [0.2, 0.25) is 0 Å². The van der Waals surface area contributed by atoms with Gasteiger partial charge in [0, 0.05) is 18.7 Å². The standard InChI is InChI=1S/C28H23F3N4O4/c29-28(30,31)21-5-3-4-20(16-21)26-33-24-7-2-1-6-23(24)27(37)35(26)32-17-19-8-10-22(11-9-19)39-18-25(36)34-12-14-38-15-13-34/h1-11,16-17H,12-15,18H2. The summed E-state index contributed by atoms with van der Waals surface area (Å²) in [6.07, 6.45) is -3.16. The first-order valence-corrected chi connectivity index (χ1v) is 12.1. The highest BCUT2D eigenvalue weighted by Gasteiger charge is 2.31. The molecule has 0 atom stereocenters. The van der Waals surface area contributed by atoms with Crippen LogP contribution in [0.3, 0.4) is 0 Å². The number of rotatable bonds is 6. The molecule has 0 aliphatic carbocycles. The maximum atomic E-state index is 13.4. The highest BCUT2D eigenvalue weighted by molar-refractivity contribution is 5.82. The number of morpholine rings is 1. The molecule has 0 radical (unpaired) electrons. The number of para-hydroxylation sites is 1. The number of ether oxygens (including phenoxy) is 2. The lowest BCUT2D eigenvalue weighted by Crippen LogP contribution is -2.42. The molecule has 200 valence electrons. The number of fused-ring (bicyclic) bond motifs is 1. The van der Waals surface area contributed by atoms with Crippen LogP contribution in [0.1, 0.15) is 11.1 Å². The molecular weight excluding hydrogens is 513 g/mol. The number of benzene rings is 3. The van der Waals surface area contributed by atoms with Gasteiger partial charge >= 0.3 is 6.18 Å². The van der Waals surface area contributed by atoms with E-state index in [0.29, 0.717) is 43.1 Å². The highest BCUT2D eigenvalue weighted by atomic mass is 19.4. The van der Waals surface area contributed by atoms with Crippen molar-refractivity contribution in [1.82, 2.24) is 14.6 Å². The summed E-state index contributed by atoms with van der Waals surface area (Å²) >= 11 is 0. The normalized spacial score (nSPS) is 14.2. The molecule has 0 unspecified atom stereocenters. The first-order chi connectivity index (χ1) is 18.8. The van der Waals surface area contributed by atoms with Crippen LogP contribution < -0.4 is 10.3 Å². The van der Waals surface area contributed by atoms with Crippen LogP contribution in [0.5, 0.6) is 5.75 Å². The third-order valence-corrected chi connectivity index (χ3v) is 6.13. The van der Waals surface area contributed by atoms with Crippen molar-refractivity contribution >= 4 is 23.0 Å². The molecule has 1 aromatic heterocycles. The Morgan fingerprint density at radius 2 is 1.77 bits per heavy atom. The predicted molar refractivity (Wildman–Crippen MR) is 139 cm³/mol. The number of hydrogen-bond acceptors (Lipinski definition) is 6. The lowest BCUT2D eigenvalue weighted by Gasteiger charge is -2.26. The van der Waals surface area contributed by atoms with Gasteiger partial charge < -0.3 is 14.4 Å². The minimum Gasteiger partial charge on any atom is -0.484 e. The van der Waals surface area contributed by atoms with Crippen molar-refractivity contribution in [2.45, 2.75) is 6.18 Å². The molecular formula is C28H23F3N4O4. The molecule has 1 aliphatic rings. The van der Waals surface area contributed by atoms with E-state index in [4.69, 9.17) is 9.47 Å². The fourth-order valence-electron chi connectivity index (χ4n) is 4.08. The zero-order valence-electron chi connectivity index (χ0n) is 20.6. The van der Waals surface area contributed by atoms with Crippen molar-refractivity contribution in [3.05, 3.63) is 94.3 Å². The Bertz CT molecular complexity index is 1580. The van der Waals surface area contributed by atoms with Crippen LogP contribution in [-0.4, -0.2) is 59.6 Å². The second-order valence-electron chi connectivity index (χ2n) is 8.74. The highest BCUT2D eigenvalue weighted by Crippen LogP contribution is 2.32. The number of hydrogen-bond donors (Lipinski definition) is 0. The zero-order valence-corrected chi connectivity index (χ0v) is 20.6. The lowest BCUT2D eigenvalue weighted by molar-refractivity contribution is -0.138. The molecule has 1 amide bonds. The molecule has 0 spiro atoms. The topological polar surface area (TPSA) is 86.0 Å². The summed E-state index contributed by atoms with van der Waals surface area (Å²) in [5.41, 5.74) is -0.351. The Kier molecular flexibility index (Phi) is 7.42. The van der Waals surface area contributed by atoms with E-state index in [-0.39, 0.29) is 29.3 Å². The van der Waals surface area contributed by atoms with E-state index in [9.17, 15) is 22.8 Å². The Hall–Kier alpha value is -4.51. The quantitative estimate of drug-likeness (QED) is 0.345. The van der Waals surface area contributed by atoms with E-state index in [1.807, 2.05) is 0 Å². The maximum absolute atomic E-state index is 13.4. The van der Waals surface area contributed by atoms with Gasteiger partial charge in [-0.2, -0.15) is 22.9 Å². The van der Waals surface area contributed by atoms with E-state index in [1.54, 1.807) is 53.4 Å². The van der Waals surface area contributed by atoms with E-state index in [2.05, 4.69) is 10.1 Å². The molecule has 5 rings (SSSR count). The molecule has 0 N–H and O–H groups in total. The van der Waals surface area contributed by atoms with Crippen LogP contribution in [-0.2, 0) is 15.7 Å². The molecule has 0 bridgehead atoms. The molecule has 39 heavy (non-hydrogen) atoms. The fraction of sp³-hybridized carbons (Fsp3) is 0.214. The van der Waals surface area contributed by atoms with Crippen LogP contribution in [0, 0.1) is 0 Å². The third kappa shape index (κ3) is 5.99. The van der Waals surface area contributed by atoms with Gasteiger partial charge in [0.15, 0.2) is 12.4 Å². The van der Waals surface area contributed by atoms with Crippen LogP contribution in [0.15, 0.2) is 82.7 Å². The largest absolute Gasteiger partial charge is 0.484 e. The van der Waals surface area contributed by atoms with Crippen molar-refractivity contribution < 1.29 is 27.4 Å². The van der Waals surface area contributed by atoms with Crippen molar-refractivity contribution in [3.8, 4) is 17.1 Å². The third-order valence-electron chi connectivity index (χ3n) is 6.13. The van der Waals surface area contributed by atoms with Crippen LogP contribution in [0.2, 0.25) is 0 Å². The molecule has 11 heteroatoms. The first-order valence-electron chi connectivity index (χ1n) is 12.1. The zero-order chi connectivity index (χ0) is 27.4. The van der Waals surface area contributed by atoms with Crippen molar-refractivity contribution in [1.29, 1.82) is 0 Å². The number of amides is 1. The average molecular weight is 537 g/mol. The number of nitrogens with zero attached hydrogens (tertiary/aromatic N) is 4. The summed E-state index contributed by atoms with van der Waals surface area (Å²) in [6, 6.07) is 17.8. The Morgan fingerprint density at radius 1 is 1.03 bits per heavy atom. The molecule has 2 heterocycles. The lowest BCUT2D eigenvalue weighted by atomic mass is 10.1. The number of alkyl halides is 3. The van der Waals surface area contributed by atoms with Gasteiger partial charge in [-0.3, -0.25) is 9.59 Å². The number of carbonyl (C=O) groups excluding carboxylic acids is 1.